The molecule has 0 saturated heterocycles. The molecule has 0 amide bonds. The minimum Gasteiger partial charge on any atom is -0.189 e. The molecule has 0 N–H and O–H groups in total. The Balaban J connectivity index is 0.000000280. The third kappa shape index (κ3) is 10.3. The maximum atomic E-state index is 3.66. The Hall–Kier alpha value is -3.00. The van der Waals surface area contributed by atoms with E-state index in [9.17, 15) is 0 Å². The Labute approximate surface area is 340 Å². The molecule has 259 valence electrons. The predicted molar refractivity (Wildman–Crippen MR) is 226 cm³/mol. The van der Waals surface area contributed by atoms with Crippen molar-refractivity contribution >= 4 is 80.9 Å². The van der Waals surface area contributed by atoms with Gasteiger partial charge in [0, 0.05) is 10.2 Å². The number of unbranched alkanes of at least 4 members (excludes halogenated alkanes) is 3. The number of rotatable bonds is 5. The van der Waals surface area contributed by atoms with E-state index in [2.05, 4.69) is 196 Å². The summed E-state index contributed by atoms with van der Waals surface area (Å²) >= 11 is 0. The Morgan fingerprint density at radius 3 is 1.18 bits per heavy atom. The molecule has 0 bridgehead atoms. The average molecular weight is 804 g/mol. The first-order valence-electron chi connectivity index (χ1n) is 17.4. The van der Waals surface area contributed by atoms with Crippen LogP contribution in [-0.2, 0) is 37.0 Å². The molecule has 8 rings (SSSR count). The zero-order chi connectivity index (χ0) is 34.0. The van der Waals surface area contributed by atoms with Crippen molar-refractivity contribution in [3.63, 3.8) is 0 Å². The normalized spacial score (nSPS) is 17.1. The van der Waals surface area contributed by atoms with E-state index >= 15 is 0 Å². The Morgan fingerprint density at radius 1 is 0.471 bits per heavy atom. The molecule has 3 radical (unpaired) electrons. The first-order chi connectivity index (χ1) is 23.4. The van der Waals surface area contributed by atoms with Crippen LogP contribution in [0.25, 0.3) is 45.8 Å². The maximum absolute atomic E-state index is 3.66. The van der Waals surface area contributed by atoms with Gasteiger partial charge in [-0.05, 0) is 43.5 Å². The van der Waals surface area contributed by atoms with Gasteiger partial charge in [0.2, 0.25) is 0 Å². The van der Waals surface area contributed by atoms with Gasteiger partial charge in [0.15, 0.2) is 0 Å². The van der Waals surface area contributed by atoms with E-state index in [1.54, 1.807) is 6.55 Å². The third-order valence-electron chi connectivity index (χ3n) is 9.25. The summed E-state index contributed by atoms with van der Waals surface area (Å²) in [6.07, 6.45) is 17.5. The molecule has 2 aliphatic rings. The molecule has 0 spiro atoms. The van der Waals surface area contributed by atoms with Gasteiger partial charge in [-0.1, -0.05) is 157 Å². The van der Waals surface area contributed by atoms with E-state index in [-0.39, 0.29) is 61.8 Å². The van der Waals surface area contributed by atoms with Crippen molar-refractivity contribution in [2.75, 3.05) is 0 Å². The first-order valence-corrected chi connectivity index (χ1v) is 18.4. The van der Waals surface area contributed by atoms with Crippen molar-refractivity contribution in [2.24, 2.45) is 0 Å². The largest absolute Gasteiger partial charge is 2.00 e. The van der Waals surface area contributed by atoms with Crippen molar-refractivity contribution < 1.29 is 26.2 Å². The van der Waals surface area contributed by atoms with Gasteiger partial charge in [-0.15, -0.1) is 71.7 Å². The number of benzene rings is 6. The molecular formula is C47H49Cl2SiZr. The van der Waals surface area contributed by atoms with Gasteiger partial charge in [-0.3, -0.25) is 0 Å². The van der Waals surface area contributed by atoms with Crippen LogP contribution >= 0.6 is 24.8 Å². The minimum atomic E-state index is -0.148. The summed E-state index contributed by atoms with van der Waals surface area (Å²) in [6, 6.07) is 47.2. The quantitative estimate of drug-likeness (QED) is 0.0926. The summed E-state index contributed by atoms with van der Waals surface area (Å²) < 4.78 is 0. The van der Waals surface area contributed by atoms with Gasteiger partial charge >= 0.3 is 26.2 Å². The number of halogens is 2. The van der Waals surface area contributed by atoms with Crippen LogP contribution in [0.2, 0.25) is 6.55 Å². The van der Waals surface area contributed by atoms with Crippen LogP contribution in [-0.4, -0.2) is 10.2 Å². The van der Waals surface area contributed by atoms with Gasteiger partial charge in [-0.25, -0.2) is 0 Å². The minimum absolute atomic E-state index is 0. The molecule has 0 aromatic heterocycles. The van der Waals surface area contributed by atoms with Crippen LogP contribution in [0, 0.1) is 0 Å². The van der Waals surface area contributed by atoms with Crippen LogP contribution in [0.3, 0.4) is 0 Å². The number of hydrogen-bond acceptors (Lipinski definition) is 0. The Kier molecular flexibility index (Phi) is 18.1. The van der Waals surface area contributed by atoms with Crippen LogP contribution in [0.1, 0.15) is 64.5 Å². The molecule has 0 heterocycles. The van der Waals surface area contributed by atoms with Gasteiger partial charge in [0.1, 0.15) is 0 Å². The monoisotopic (exact) mass is 801 g/mol. The molecule has 2 atom stereocenters. The van der Waals surface area contributed by atoms with Crippen LogP contribution in [0.4, 0.5) is 0 Å². The summed E-state index contributed by atoms with van der Waals surface area (Å²) in [5, 5.41) is 10.2. The van der Waals surface area contributed by atoms with Crippen molar-refractivity contribution in [3.05, 3.63) is 165 Å². The molecule has 2 aliphatic carbocycles. The molecule has 0 fully saturated rings. The van der Waals surface area contributed by atoms with Gasteiger partial charge in [-0.2, -0.15) is 34.7 Å². The molecule has 0 saturated carbocycles. The SMILES string of the molecule is CC1(c2cccc3ccccc23)[C-]=c2ccccc2=C1.CC1(c2cccc3ccccc23)[C-]=c2ccccc2=C1.CCCCCC.C[Si].Cl.Cl.[Zr+2]. The van der Waals surface area contributed by atoms with E-state index in [0.29, 0.717) is 0 Å². The third-order valence-corrected chi connectivity index (χ3v) is 9.25. The average Bonchev–Trinajstić information content (AvgIpc) is 3.68. The Morgan fingerprint density at radius 2 is 0.804 bits per heavy atom. The molecule has 4 heteroatoms. The molecule has 0 nitrogen and oxygen atoms in total. The second-order valence-corrected chi connectivity index (χ2v) is 12.9. The summed E-state index contributed by atoms with van der Waals surface area (Å²) in [5.74, 6) is 0. The number of fused-ring (bicyclic) bond motifs is 4. The number of hydrogen-bond donors (Lipinski definition) is 0. The van der Waals surface area contributed by atoms with E-state index in [1.807, 2.05) is 0 Å². The van der Waals surface area contributed by atoms with Gasteiger partial charge in [0.05, 0.1) is 0 Å². The fourth-order valence-corrected chi connectivity index (χ4v) is 6.87. The standard InChI is InChI=1S/2C20H15.C6H14.CH3Si.2ClH.Zr/c2*1-20(13-16-8-2-3-9-17(16)14-20)19-12-6-10-15-7-4-5-11-18(15)19;1-3-5-6-4-2;1-2;;;/h2*2-13H,1H3;3-6H2,1-2H3;1H3;2*1H;/q2*-1;;;;;+2. The predicted octanol–water partition coefficient (Wildman–Crippen LogP) is 10.1. The van der Waals surface area contributed by atoms with Gasteiger partial charge in [0.25, 0.3) is 0 Å². The Bertz CT molecular complexity index is 2000. The second kappa shape index (κ2) is 20.9. The fourth-order valence-electron chi connectivity index (χ4n) is 6.87. The molecule has 6 aromatic carbocycles. The van der Waals surface area contributed by atoms with Crippen molar-refractivity contribution in [3.8, 4) is 0 Å². The molecule has 51 heavy (non-hydrogen) atoms. The molecule has 2 unspecified atom stereocenters. The summed E-state index contributed by atoms with van der Waals surface area (Å²) in [7, 11) is 2.97. The van der Waals surface area contributed by atoms with Crippen molar-refractivity contribution in [1.29, 1.82) is 0 Å². The topological polar surface area (TPSA) is 0 Å². The van der Waals surface area contributed by atoms with E-state index < -0.39 is 0 Å². The van der Waals surface area contributed by atoms with Crippen molar-refractivity contribution in [2.45, 2.75) is 70.8 Å². The fraction of sp³-hybridized carbons (Fsp3) is 0.234. The molecular weight excluding hydrogens is 755 g/mol. The zero-order valence-electron chi connectivity index (χ0n) is 30.5. The van der Waals surface area contributed by atoms with Crippen molar-refractivity contribution in [1.82, 2.24) is 0 Å². The maximum Gasteiger partial charge on any atom is 2.00 e. The summed E-state index contributed by atoms with van der Waals surface area (Å²) in [4.78, 5) is 0. The van der Waals surface area contributed by atoms with E-state index in [4.69, 9.17) is 0 Å². The molecule has 6 aromatic rings. The second-order valence-electron chi connectivity index (χ2n) is 12.9. The van der Waals surface area contributed by atoms with Crippen LogP contribution in [0.15, 0.2) is 133 Å². The summed E-state index contributed by atoms with van der Waals surface area (Å²) in [6.45, 7) is 10.8. The van der Waals surface area contributed by atoms with Crippen LogP contribution < -0.4 is 20.9 Å². The smallest absolute Gasteiger partial charge is 0.189 e. The summed E-state index contributed by atoms with van der Waals surface area (Å²) in [5.41, 5.74) is 2.35. The van der Waals surface area contributed by atoms with E-state index in [0.717, 1.165) is 0 Å². The first kappa shape index (κ1) is 44.2. The molecule has 0 aliphatic heterocycles. The van der Waals surface area contributed by atoms with Gasteiger partial charge < -0.3 is 0 Å². The van der Waals surface area contributed by atoms with Crippen LogP contribution in [0.5, 0.6) is 0 Å². The van der Waals surface area contributed by atoms with E-state index in [1.165, 1.54) is 79.2 Å². The zero-order valence-corrected chi connectivity index (χ0v) is 35.6.